The Hall–Kier alpha value is -2.53. The number of rotatable bonds is 8. The summed E-state index contributed by atoms with van der Waals surface area (Å²) in [4.78, 5) is 39.3. The van der Waals surface area contributed by atoms with Crippen LogP contribution in [0.5, 0.6) is 0 Å². The molecule has 0 spiro atoms. The van der Waals surface area contributed by atoms with Crippen molar-refractivity contribution in [1.82, 2.24) is 14.5 Å². The van der Waals surface area contributed by atoms with Gasteiger partial charge in [-0.1, -0.05) is 20.3 Å². The van der Waals surface area contributed by atoms with E-state index in [2.05, 4.69) is 4.72 Å². The number of nitro groups is 1. The zero-order chi connectivity index (χ0) is 23.6. The molecule has 1 N–H and O–H groups in total. The number of hydrogen-bond acceptors (Lipinski definition) is 6. The van der Waals surface area contributed by atoms with Gasteiger partial charge in [-0.05, 0) is 37.8 Å². The number of hydrogen-bond donors (Lipinski definition) is 1. The first-order valence-corrected chi connectivity index (χ1v) is 12.4. The normalized spacial score (nSPS) is 21.2. The van der Waals surface area contributed by atoms with Crippen molar-refractivity contribution in [2.75, 3.05) is 19.6 Å². The Morgan fingerprint density at radius 3 is 2.34 bits per heavy atom. The van der Waals surface area contributed by atoms with E-state index in [9.17, 15) is 28.1 Å². The number of non-ortho nitro benzene ring substituents is 1. The highest BCUT2D eigenvalue weighted by molar-refractivity contribution is 7.89. The van der Waals surface area contributed by atoms with Crippen LogP contribution in [0.3, 0.4) is 0 Å². The highest BCUT2D eigenvalue weighted by Crippen LogP contribution is 2.32. The number of sulfonamides is 1. The summed E-state index contributed by atoms with van der Waals surface area (Å²) in [7, 11) is -4.07. The fraction of sp³-hybridized carbons (Fsp3) is 0.619. The molecule has 1 heterocycles. The van der Waals surface area contributed by atoms with E-state index in [0.717, 1.165) is 37.1 Å². The standard InChI is InChI=1S/C21H30N4O6S/c1-4-14(2)19(22-32(30,31)18-9-7-17(8-10-18)25(28)29)21(27)23-11-12-24(15(3)13-23)20(26)16-5-6-16/h7-10,14-16,19,22H,4-6,11-13H2,1-3H3. The SMILES string of the molecule is CCC(C)C(NS(=O)(=O)c1ccc([N+](=O)[O-])cc1)C(=O)N1CCN(C(=O)C2CC2)C(C)C1. The first kappa shape index (κ1) is 24.1. The average molecular weight is 467 g/mol. The molecule has 0 radical (unpaired) electrons. The van der Waals surface area contributed by atoms with Gasteiger partial charge in [-0.3, -0.25) is 19.7 Å². The Morgan fingerprint density at radius 1 is 1.22 bits per heavy atom. The van der Waals surface area contributed by atoms with Crippen molar-refractivity contribution in [3.63, 3.8) is 0 Å². The van der Waals surface area contributed by atoms with Gasteiger partial charge in [-0.25, -0.2) is 8.42 Å². The van der Waals surface area contributed by atoms with Crippen LogP contribution < -0.4 is 4.72 Å². The molecule has 176 valence electrons. The minimum absolute atomic E-state index is 0.112. The zero-order valence-corrected chi connectivity index (χ0v) is 19.4. The topological polar surface area (TPSA) is 130 Å². The van der Waals surface area contributed by atoms with E-state index in [-0.39, 0.29) is 40.3 Å². The molecule has 3 atom stereocenters. The zero-order valence-electron chi connectivity index (χ0n) is 18.6. The predicted molar refractivity (Wildman–Crippen MR) is 117 cm³/mol. The largest absolute Gasteiger partial charge is 0.337 e. The van der Waals surface area contributed by atoms with Crippen LogP contribution in [0.4, 0.5) is 5.69 Å². The van der Waals surface area contributed by atoms with Crippen molar-refractivity contribution in [2.24, 2.45) is 11.8 Å². The Labute approximate surface area is 188 Å². The lowest BCUT2D eigenvalue weighted by molar-refractivity contribution is -0.384. The maximum atomic E-state index is 13.3. The number of nitrogens with zero attached hydrogens (tertiary/aromatic N) is 3. The van der Waals surface area contributed by atoms with Crippen LogP contribution in [-0.4, -0.2) is 66.7 Å². The molecule has 1 aliphatic heterocycles. The average Bonchev–Trinajstić information content (AvgIpc) is 3.61. The van der Waals surface area contributed by atoms with Crippen molar-refractivity contribution in [1.29, 1.82) is 0 Å². The lowest BCUT2D eigenvalue weighted by Crippen LogP contribution is -2.60. The van der Waals surface area contributed by atoms with Crippen molar-refractivity contribution in [2.45, 2.75) is 57.0 Å². The van der Waals surface area contributed by atoms with Gasteiger partial charge in [0.2, 0.25) is 21.8 Å². The molecule has 2 aliphatic rings. The number of amides is 2. The molecular weight excluding hydrogens is 436 g/mol. The van der Waals surface area contributed by atoms with Gasteiger partial charge in [0.15, 0.2) is 0 Å². The maximum Gasteiger partial charge on any atom is 0.269 e. The third-order valence-electron chi connectivity index (χ3n) is 6.27. The molecule has 11 heteroatoms. The molecule has 3 unspecified atom stereocenters. The number of nitrogens with one attached hydrogen (secondary N) is 1. The number of piperazine rings is 1. The van der Waals surface area contributed by atoms with Gasteiger partial charge in [0.1, 0.15) is 6.04 Å². The quantitative estimate of drug-likeness (QED) is 0.459. The molecular formula is C21H30N4O6S. The molecule has 1 aromatic rings. The number of carbonyl (C=O) groups is 2. The summed E-state index contributed by atoms with van der Waals surface area (Å²) in [6.45, 7) is 6.72. The Bertz CT molecular complexity index is 977. The summed E-state index contributed by atoms with van der Waals surface area (Å²) in [5, 5.41) is 10.8. The van der Waals surface area contributed by atoms with Crippen molar-refractivity contribution >= 4 is 27.5 Å². The summed E-state index contributed by atoms with van der Waals surface area (Å²) in [5.41, 5.74) is -0.217. The monoisotopic (exact) mass is 466 g/mol. The van der Waals surface area contributed by atoms with Gasteiger partial charge < -0.3 is 9.80 Å². The molecule has 2 fully saturated rings. The fourth-order valence-electron chi connectivity index (χ4n) is 3.87. The van der Waals surface area contributed by atoms with Crippen LogP contribution in [0.25, 0.3) is 0 Å². The van der Waals surface area contributed by atoms with Crippen molar-refractivity contribution < 1.29 is 22.9 Å². The van der Waals surface area contributed by atoms with Crippen LogP contribution >= 0.6 is 0 Å². The molecule has 1 aromatic carbocycles. The molecule has 32 heavy (non-hydrogen) atoms. The number of carbonyl (C=O) groups excluding carboxylic acids is 2. The summed E-state index contributed by atoms with van der Waals surface area (Å²) < 4.78 is 28.3. The van der Waals surface area contributed by atoms with Crippen molar-refractivity contribution in [3.8, 4) is 0 Å². The third-order valence-corrected chi connectivity index (χ3v) is 7.72. The van der Waals surface area contributed by atoms with Crippen LogP contribution in [0, 0.1) is 22.0 Å². The summed E-state index contributed by atoms with van der Waals surface area (Å²) in [6.07, 6.45) is 2.42. The molecule has 3 rings (SSSR count). The molecule has 1 saturated carbocycles. The van der Waals surface area contributed by atoms with Gasteiger partial charge >= 0.3 is 0 Å². The molecule has 0 bridgehead atoms. The maximum absolute atomic E-state index is 13.3. The first-order chi connectivity index (χ1) is 15.0. The Balaban J connectivity index is 1.73. The summed E-state index contributed by atoms with van der Waals surface area (Å²) >= 11 is 0. The summed E-state index contributed by atoms with van der Waals surface area (Å²) in [5.74, 6) is -0.338. The van der Waals surface area contributed by atoms with Gasteiger partial charge in [0, 0.05) is 43.7 Å². The van der Waals surface area contributed by atoms with Crippen LogP contribution in [0.1, 0.15) is 40.0 Å². The fourth-order valence-corrected chi connectivity index (χ4v) is 5.17. The number of benzene rings is 1. The lowest BCUT2D eigenvalue weighted by atomic mass is 9.98. The van der Waals surface area contributed by atoms with Crippen LogP contribution in [0.2, 0.25) is 0 Å². The van der Waals surface area contributed by atoms with E-state index in [0.29, 0.717) is 26.1 Å². The molecule has 1 aliphatic carbocycles. The smallest absolute Gasteiger partial charge is 0.269 e. The number of nitro benzene ring substituents is 1. The van der Waals surface area contributed by atoms with Gasteiger partial charge in [0.05, 0.1) is 9.82 Å². The first-order valence-electron chi connectivity index (χ1n) is 10.9. The Kier molecular flexibility index (Phi) is 7.19. The molecule has 2 amide bonds. The van der Waals surface area contributed by atoms with E-state index in [4.69, 9.17) is 0 Å². The second kappa shape index (κ2) is 9.53. The van der Waals surface area contributed by atoms with Gasteiger partial charge in [-0.15, -0.1) is 0 Å². The van der Waals surface area contributed by atoms with E-state index >= 15 is 0 Å². The van der Waals surface area contributed by atoms with Crippen LogP contribution in [0.15, 0.2) is 29.2 Å². The minimum Gasteiger partial charge on any atom is -0.337 e. The third kappa shape index (κ3) is 5.26. The van der Waals surface area contributed by atoms with E-state index < -0.39 is 21.0 Å². The molecule has 0 aromatic heterocycles. The highest BCUT2D eigenvalue weighted by atomic mass is 32.2. The second-order valence-electron chi connectivity index (χ2n) is 8.67. The minimum atomic E-state index is -4.07. The van der Waals surface area contributed by atoms with E-state index in [1.807, 2.05) is 18.7 Å². The highest BCUT2D eigenvalue weighted by Gasteiger charge is 2.40. The van der Waals surface area contributed by atoms with E-state index in [1.165, 1.54) is 0 Å². The van der Waals surface area contributed by atoms with Gasteiger partial charge in [0.25, 0.3) is 5.69 Å². The van der Waals surface area contributed by atoms with E-state index in [1.54, 1.807) is 11.8 Å². The predicted octanol–water partition coefficient (Wildman–Crippen LogP) is 1.76. The molecule has 10 nitrogen and oxygen atoms in total. The van der Waals surface area contributed by atoms with Gasteiger partial charge in [-0.2, -0.15) is 4.72 Å². The second-order valence-corrected chi connectivity index (χ2v) is 10.4. The molecule has 1 saturated heterocycles. The summed E-state index contributed by atoms with van der Waals surface area (Å²) in [6, 6.07) is 3.44. The van der Waals surface area contributed by atoms with Crippen LogP contribution in [-0.2, 0) is 19.6 Å². The van der Waals surface area contributed by atoms with Crippen molar-refractivity contribution in [3.05, 3.63) is 34.4 Å². The lowest BCUT2D eigenvalue weighted by Gasteiger charge is -2.41. The Morgan fingerprint density at radius 2 is 1.84 bits per heavy atom.